The van der Waals surface area contributed by atoms with E-state index in [0.29, 0.717) is 6.42 Å². The fourth-order valence-electron chi connectivity index (χ4n) is 1.22. The maximum Gasteiger partial charge on any atom is 0.373 e. The van der Waals surface area contributed by atoms with E-state index in [4.69, 9.17) is 14.7 Å². The van der Waals surface area contributed by atoms with Crippen molar-refractivity contribution in [3.05, 3.63) is 29.8 Å². The van der Waals surface area contributed by atoms with Crippen molar-refractivity contribution in [3.63, 3.8) is 0 Å². The summed E-state index contributed by atoms with van der Waals surface area (Å²) in [6.07, 6.45) is 1.60. The van der Waals surface area contributed by atoms with Crippen molar-refractivity contribution < 1.29 is 19.5 Å². The molecule has 0 aromatic heterocycles. The van der Waals surface area contributed by atoms with Crippen LogP contribution in [0.2, 0.25) is 0 Å². The van der Waals surface area contributed by atoms with Crippen LogP contribution in [0.3, 0.4) is 0 Å². The van der Waals surface area contributed by atoms with E-state index >= 15 is 0 Å². The van der Waals surface area contributed by atoms with E-state index in [0.717, 1.165) is 12.0 Å². The summed E-state index contributed by atoms with van der Waals surface area (Å²) in [5.41, 5.74) is 1.09. The predicted octanol–water partition coefficient (Wildman–Crippen LogP) is 1.97. The number of phenolic OH excluding ortho intramolecular Hbond substituents is 1. The number of Topliss-reactive ketones (excluding diaryl/α,β-unsaturated/α-hetero) is 1. The first-order valence-electron chi connectivity index (χ1n) is 5.31. The Morgan fingerprint density at radius 2 is 1.71 bits per heavy atom. The molecule has 17 heavy (non-hydrogen) atoms. The zero-order valence-electron chi connectivity index (χ0n) is 9.97. The van der Waals surface area contributed by atoms with Gasteiger partial charge in [-0.3, -0.25) is 4.79 Å². The van der Waals surface area contributed by atoms with Gasteiger partial charge in [-0.1, -0.05) is 26.0 Å². The molecule has 0 atom stereocenters. The van der Waals surface area contributed by atoms with Gasteiger partial charge in [-0.15, -0.1) is 0 Å². The summed E-state index contributed by atoms with van der Waals surface area (Å²) in [4.78, 5) is 27.6. The van der Waals surface area contributed by atoms with Gasteiger partial charge in [0.2, 0.25) is 0 Å². The Kier molecular flexibility index (Phi) is 7.31. The summed E-state index contributed by atoms with van der Waals surface area (Å²) in [5, 5.41) is 9.06. The van der Waals surface area contributed by atoms with Gasteiger partial charge in [-0.2, -0.15) is 9.59 Å². The average Bonchev–Trinajstić information content (AvgIpc) is 2.29. The van der Waals surface area contributed by atoms with Crippen LogP contribution in [0.25, 0.3) is 0 Å². The second-order valence-corrected chi connectivity index (χ2v) is 3.87. The van der Waals surface area contributed by atoms with Gasteiger partial charge in [0.05, 0.1) is 0 Å². The Morgan fingerprint density at radius 1 is 1.24 bits per heavy atom. The molecular formula is C13H16O4. The molecule has 1 aromatic rings. The summed E-state index contributed by atoms with van der Waals surface area (Å²) < 4.78 is 0. The second kappa shape index (κ2) is 8.25. The number of hydrogen-bond donors (Lipinski definition) is 1. The molecule has 0 fully saturated rings. The first-order valence-corrected chi connectivity index (χ1v) is 5.31. The molecule has 1 N–H and O–H groups in total. The minimum Gasteiger partial charge on any atom is -0.508 e. The zero-order chi connectivity index (χ0) is 13.3. The largest absolute Gasteiger partial charge is 0.508 e. The van der Waals surface area contributed by atoms with Gasteiger partial charge in [-0.25, -0.2) is 0 Å². The molecule has 1 aromatic carbocycles. The van der Waals surface area contributed by atoms with Crippen LogP contribution in [-0.4, -0.2) is 17.0 Å². The number of hydrogen-bond acceptors (Lipinski definition) is 4. The normalized spacial score (nSPS) is 9.12. The van der Waals surface area contributed by atoms with Crippen LogP contribution >= 0.6 is 0 Å². The maximum atomic E-state index is 11.3. The van der Waals surface area contributed by atoms with E-state index in [1.165, 1.54) is 0 Å². The van der Waals surface area contributed by atoms with Gasteiger partial charge in [0.15, 0.2) is 0 Å². The highest BCUT2D eigenvalue weighted by molar-refractivity contribution is 5.80. The fraction of sp³-hybridized carbons (Fsp3) is 0.385. The third-order valence-electron chi connectivity index (χ3n) is 2.24. The van der Waals surface area contributed by atoms with E-state index in [1.807, 2.05) is 26.0 Å². The fourth-order valence-corrected chi connectivity index (χ4v) is 1.22. The van der Waals surface area contributed by atoms with E-state index in [9.17, 15) is 4.79 Å². The first kappa shape index (κ1) is 15.1. The van der Waals surface area contributed by atoms with Crippen LogP contribution in [-0.2, 0) is 20.8 Å². The number of aromatic hydroxyl groups is 1. The SMILES string of the molecule is CC(C)C(=O)CCc1ccc(O)cc1.O=C=O. The van der Waals surface area contributed by atoms with Crippen LogP contribution in [0.4, 0.5) is 0 Å². The number of benzene rings is 1. The number of ketones is 1. The molecule has 0 unspecified atom stereocenters. The lowest BCUT2D eigenvalue weighted by atomic mass is 10.0. The van der Waals surface area contributed by atoms with Crippen molar-refractivity contribution in [1.29, 1.82) is 0 Å². The van der Waals surface area contributed by atoms with Crippen molar-refractivity contribution in [2.45, 2.75) is 26.7 Å². The maximum absolute atomic E-state index is 11.3. The van der Waals surface area contributed by atoms with Gasteiger partial charge < -0.3 is 5.11 Å². The van der Waals surface area contributed by atoms with Crippen LogP contribution in [0, 0.1) is 5.92 Å². The smallest absolute Gasteiger partial charge is 0.373 e. The van der Waals surface area contributed by atoms with Crippen molar-refractivity contribution in [2.75, 3.05) is 0 Å². The number of carbonyl (C=O) groups is 1. The summed E-state index contributed by atoms with van der Waals surface area (Å²) in [6, 6.07) is 7.00. The summed E-state index contributed by atoms with van der Waals surface area (Å²) in [7, 11) is 0. The Hall–Kier alpha value is -1.93. The summed E-state index contributed by atoms with van der Waals surface area (Å²) in [6.45, 7) is 3.83. The van der Waals surface area contributed by atoms with Gasteiger partial charge in [-0.05, 0) is 24.1 Å². The summed E-state index contributed by atoms with van der Waals surface area (Å²) in [5.74, 6) is 0.675. The topological polar surface area (TPSA) is 71.4 Å². The molecule has 92 valence electrons. The Labute approximate surface area is 100 Å². The quantitative estimate of drug-likeness (QED) is 0.867. The monoisotopic (exact) mass is 236 g/mol. The van der Waals surface area contributed by atoms with Crippen LogP contribution in [0.1, 0.15) is 25.8 Å². The van der Waals surface area contributed by atoms with E-state index < -0.39 is 0 Å². The van der Waals surface area contributed by atoms with Gasteiger partial charge in [0.1, 0.15) is 11.5 Å². The van der Waals surface area contributed by atoms with Crippen molar-refractivity contribution in [2.24, 2.45) is 5.92 Å². The molecule has 0 aliphatic carbocycles. The predicted molar refractivity (Wildman–Crippen MR) is 61.3 cm³/mol. The minimum atomic E-state index is 0.118. The van der Waals surface area contributed by atoms with Crippen molar-refractivity contribution in [3.8, 4) is 5.75 Å². The third-order valence-corrected chi connectivity index (χ3v) is 2.24. The second-order valence-electron chi connectivity index (χ2n) is 3.87. The van der Waals surface area contributed by atoms with E-state index in [-0.39, 0.29) is 23.6 Å². The van der Waals surface area contributed by atoms with Crippen LogP contribution in [0.5, 0.6) is 5.75 Å². The highest BCUT2D eigenvalue weighted by Gasteiger charge is 2.06. The lowest BCUT2D eigenvalue weighted by molar-refractivity contribution is -0.191. The zero-order valence-corrected chi connectivity index (χ0v) is 9.97. The molecule has 0 saturated carbocycles. The molecule has 0 spiro atoms. The lowest BCUT2D eigenvalue weighted by Gasteiger charge is -2.03. The molecule has 0 saturated heterocycles. The molecule has 0 aliphatic rings. The van der Waals surface area contributed by atoms with Crippen LogP contribution in [0.15, 0.2) is 24.3 Å². The number of rotatable bonds is 4. The molecule has 4 heteroatoms. The highest BCUT2D eigenvalue weighted by atomic mass is 16.3. The highest BCUT2D eigenvalue weighted by Crippen LogP contribution is 2.12. The van der Waals surface area contributed by atoms with E-state index in [2.05, 4.69) is 0 Å². The lowest BCUT2D eigenvalue weighted by Crippen LogP contribution is -2.07. The summed E-state index contributed by atoms with van der Waals surface area (Å²) >= 11 is 0. The van der Waals surface area contributed by atoms with Gasteiger partial charge >= 0.3 is 6.15 Å². The molecular weight excluding hydrogens is 220 g/mol. The molecule has 0 heterocycles. The number of aryl methyl sites for hydroxylation is 1. The molecule has 0 aliphatic heterocycles. The van der Waals surface area contributed by atoms with Gasteiger partial charge in [0, 0.05) is 12.3 Å². The van der Waals surface area contributed by atoms with Crippen molar-refractivity contribution in [1.82, 2.24) is 0 Å². The van der Waals surface area contributed by atoms with Gasteiger partial charge in [0.25, 0.3) is 0 Å². The Bertz CT molecular complexity index is 373. The number of phenols is 1. The van der Waals surface area contributed by atoms with Crippen molar-refractivity contribution >= 4 is 11.9 Å². The Balaban J connectivity index is 0.000000770. The van der Waals surface area contributed by atoms with Crippen LogP contribution < -0.4 is 0 Å². The average molecular weight is 236 g/mol. The molecule has 1 rings (SSSR count). The molecule has 4 nitrogen and oxygen atoms in total. The molecule has 0 amide bonds. The molecule has 0 bridgehead atoms. The third kappa shape index (κ3) is 7.03. The van der Waals surface area contributed by atoms with E-state index in [1.54, 1.807) is 12.1 Å². The molecule has 0 radical (unpaired) electrons. The Morgan fingerprint density at radius 3 is 2.12 bits per heavy atom. The standard InChI is InChI=1S/C12H16O2.CO2/c1-9(2)12(14)8-5-10-3-6-11(13)7-4-10;2-1-3/h3-4,6-7,9,13H,5,8H2,1-2H3;. The number of carbonyl (C=O) groups excluding carboxylic acids is 3. The first-order chi connectivity index (χ1) is 8.01. The minimum absolute atomic E-state index is 0.118.